The highest BCUT2D eigenvalue weighted by Crippen LogP contribution is 2.32. The second-order valence-corrected chi connectivity index (χ2v) is 10.4. The molecule has 0 bridgehead atoms. The fraction of sp³-hybridized carbons (Fsp3) is 0.310. The van der Waals surface area contributed by atoms with Gasteiger partial charge in [0.15, 0.2) is 11.4 Å². The van der Waals surface area contributed by atoms with Crippen molar-refractivity contribution in [1.29, 1.82) is 0 Å². The summed E-state index contributed by atoms with van der Waals surface area (Å²) < 4.78 is 41.5. The summed E-state index contributed by atoms with van der Waals surface area (Å²) in [7, 11) is 2.09. The average Bonchev–Trinajstić information content (AvgIpc) is 3.28. The first-order valence-corrected chi connectivity index (χ1v) is 13.1. The number of hydrogen-bond donors (Lipinski definition) is 1. The minimum Gasteiger partial charge on any atom is -0.383 e. The number of aryl methyl sites for hydroxylation is 1. The van der Waals surface area contributed by atoms with Gasteiger partial charge in [-0.1, -0.05) is 29.7 Å². The second kappa shape index (κ2) is 10.9. The molecule has 2 aromatic heterocycles. The van der Waals surface area contributed by atoms with E-state index in [1.54, 1.807) is 12.1 Å². The third kappa shape index (κ3) is 5.81. The van der Waals surface area contributed by atoms with Gasteiger partial charge in [-0.25, -0.2) is 14.6 Å². The lowest BCUT2D eigenvalue weighted by Gasteiger charge is -2.29. The molecule has 0 aliphatic carbocycles. The molecule has 0 atom stereocenters. The summed E-state index contributed by atoms with van der Waals surface area (Å²) in [4.78, 5) is 23.7. The average molecular weight is 567 g/mol. The van der Waals surface area contributed by atoms with Gasteiger partial charge in [0, 0.05) is 22.6 Å². The van der Waals surface area contributed by atoms with Crippen molar-refractivity contribution in [2.45, 2.75) is 38.4 Å². The van der Waals surface area contributed by atoms with E-state index in [0.29, 0.717) is 33.7 Å². The number of fused-ring (bicyclic) bond motifs is 1. The van der Waals surface area contributed by atoms with Crippen LogP contribution in [0.1, 0.15) is 57.2 Å². The lowest BCUT2D eigenvalue weighted by molar-refractivity contribution is -0.137. The Labute approximate surface area is 234 Å². The third-order valence-corrected chi connectivity index (χ3v) is 7.30. The number of aromatic nitrogens is 4. The molecule has 0 unspecified atom stereocenters. The first-order chi connectivity index (χ1) is 19.0. The van der Waals surface area contributed by atoms with E-state index >= 15 is 0 Å². The van der Waals surface area contributed by atoms with Crippen LogP contribution in [0.5, 0.6) is 0 Å². The summed E-state index contributed by atoms with van der Waals surface area (Å²) in [6, 6.07) is 8.36. The molecule has 1 fully saturated rings. The maximum Gasteiger partial charge on any atom is 0.416 e. The number of hydrogen-bond acceptors (Lipinski definition) is 6. The number of anilines is 1. The van der Waals surface area contributed by atoms with Gasteiger partial charge in [-0.3, -0.25) is 4.79 Å². The van der Waals surface area contributed by atoms with Gasteiger partial charge in [-0.2, -0.15) is 18.3 Å². The van der Waals surface area contributed by atoms with E-state index in [0.717, 1.165) is 43.6 Å². The van der Waals surface area contributed by atoms with Gasteiger partial charge in [0.2, 0.25) is 0 Å². The van der Waals surface area contributed by atoms with E-state index in [2.05, 4.69) is 33.8 Å². The molecule has 7 nitrogen and oxygen atoms in total. The minimum atomic E-state index is -4.61. The molecular weight excluding hydrogens is 541 g/mol. The van der Waals surface area contributed by atoms with Crippen LogP contribution in [0, 0.1) is 18.8 Å². The van der Waals surface area contributed by atoms with Gasteiger partial charge >= 0.3 is 6.18 Å². The Balaban J connectivity index is 1.45. The fourth-order valence-corrected chi connectivity index (χ4v) is 5.05. The van der Waals surface area contributed by atoms with Gasteiger partial charge in [-0.05, 0) is 81.2 Å². The van der Waals surface area contributed by atoms with Gasteiger partial charge in [-0.15, -0.1) is 0 Å². The molecule has 3 heterocycles. The largest absolute Gasteiger partial charge is 0.416 e. The molecule has 0 radical (unpaired) electrons. The number of halogens is 4. The molecular formula is C29H26ClF3N6O. The van der Waals surface area contributed by atoms with Crippen molar-refractivity contribution in [2.75, 3.05) is 25.9 Å². The smallest absolute Gasteiger partial charge is 0.383 e. The summed E-state index contributed by atoms with van der Waals surface area (Å²) >= 11 is 5.86. The molecule has 1 saturated heterocycles. The number of ketones is 1. The Bertz CT molecular complexity index is 1660. The maximum absolute atomic E-state index is 13.2. The van der Waals surface area contributed by atoms with Crippen molar-refractivity contribution >= 4 is 34.2 Å². The highest BCUT2D eigenvalue weighted by Gasteiger charge is 2.31. The Morgan fingerprint density at radius 3 is 2.60 bits per heavy atom. The SMILES string of the molecule is Cc1ccc(CC(=O)c2cc(Cl)cc(C(F)(F)F)c2)cc1C#Cc1nn(C2CCN(C)CC2)c2ncnc(N)c12. The molecule has 206 valence electrons. The first-order valence-electron chi connectivity index (χ1n) is 12.7. The third-order valence-electron chi connectivity index (χ3n) is 7.08. The van der Waals surface area contributed by atoms with E-state index in [9.17, 15) is 18.0 Å². The number of nitrogens with two attached hydrogens (primary N) is 1. The second-order valence-electron chi connectivity index (χ2n) is 10.0. The molecule has 1 aliphatic rings. The highest BCUT2D eigenvalue weighted by molar-refractivity contribution is 6.31. The Morgan fingerprint density at radius 2 is 1.88 bits per heavy atom. The molecule has 5 rings (SSSR count). The molecule has 0 amide bonds. The van der Waals surface area contributed by atoms with Crippen LogP contribution >= 0.6 is 11.6 Å². The van der Waals surface area contributed by atoms with Gasteiger partial charge < -0.3 is 10.6 Å². The van der Waals surface area contributed by atoms with Gasteiger partial charge in [0.05, 0.1) is 17.0 Å². The standard InChI is InChI=1S/C29H26ClF3N6O/c1-17-3-4-18(12-25(40)20-13-21(29(31,32)33)15-22(30)14-20)11-19(17)5-6-24-26-27(34)35-16-36-28(26)39(37-24)23-7-9-38(2)10-8-23/h3-4,11,13-16,23H,7-10,12H2,1-2H3,(H2,34,35,36). The lowest BCUT2D eigenvalue weighted by atomic mass is 9.98. The number of Topliss-reactive ketones (excluding diaryl/α,β-unsaturated/α-hetero) is 1. The summed E-state index contributed by atoms with van der Waals surface area (Å²) in [6.07, 6.45) is -1.44. The topological polar surface area (TPSA) is 89.9 Å². The van der Waals surface area contributed by atoms with Crippen LogP contribution in [0.4, 0.5) is 19.0 Å². The molecule has 2 aromatic carbocycles. The zero-order valence-electron chi connectivity index (χ0n) is 21.9. The molecule has 2 N–H and O–H groups in total. The normalized spacial score (nSPS) is 14.8. The number of likely N-dealkylation sites (tertiary alicyclic amines) is 1. The van der Waals surface area contributed by atoms with E-state index < -0.39 is 17.5 Å². The number of benzene rings is 2. The highest BCUT2D eigenvalue weighted by atomic mass is 35.5. The molecule has 0 spiro atoms. The van der Waals surface area contributed by atoms with Gasteiger partial charge in [0.25, 0.3) is 0 Å². The summed E-state index contributed by atoms with van der Waals surface area (Å²) in [5, 5.41) is 5.22. The molecule has 0 saturated carbocycles. The van der Waals surface area contributed by atoms with Crippen molar-refractivity contribution in [3.05, 3.63) is 81.3 Å². The molecule has 1 aliphatic heterocycles. The summed E-state index contributed by atoms with van der Waals surface area (Å²) in [5.41, 5.74) is 8.38. The number of piperidine rings is 1. The monoisotopic (exact) mass is 566 g/mol. The number of nitrogens with zero attached hydrogens (tertiary/aromatic N) is 5. The van der Waals surface area contributed by atoms with Crippen LogP contribution in [0.2, 0.25) is 5.02 Å². The number of carbonyl (C=O) groups is 1. The minimum absolute atomic E-state index is 0.102. The van der Waals surface area contributed by atoms with E-state index in [1.165, 1.54) is 12.4 Å². The lowest BCUT2D eigenvalue weighted by Crippen LogP contribution is -2.32. The van der Waals surface area contributed by atoms with E-state index in [4.69, 9.17) is 22.4 Å². The maximum atomic E-state index is 13.2. The summed E-state index contributed by atoms with van der Waals surface area (Å²) in [5.74, 6) is 6.07. The van der Waals surface area contributed by atoms with Crippen molar-refractivity contribution in [3.63, 3.8) is 0 Å². The van der Waals surface area contributed by atoms with Crippen LogP contribution < -0.4 is 5.73 Å². The van der Waals surface area contributed by atoms with E-state index in [1.807, 2.05) is 17.7 Å². The Morgan fingerprint density at radius 1 is 1.12 bits per heavy atom. The zero-order valence-corrected chi connectivity index (χ0v) is 22.6. The fourth-order valence-electron chi connectivity index (χ4n) is 4.82. The predicted molar refractivity (Wildman–Crippen MR) is 147 cm³/mol. The van der Waals surface area contributed by atoms with Crippen LogP contribution in [-0.2, 0) is 12.6 Å². The molecule has 4 aromatic rings. The van der Waals surface area contributed by atoms with Crippen molar-refractivity contribution < 1.29 is 18.0 Å². The van der Waals surface area contributed by atoms with Crippen LogP contribution in [0.3, 0.4) is 0 Å². The Kier molecular flexibility index (Phi) is 7.53. The van der Waals surface area contributed by atoms with Crippen molar-refractivity contribution in [2.24, 2.45) is 0 Å². The Hall–Kier alpha value is -3.94. The van der Waals surface area contributed by atoms with Crippen LogP contribution in [0.25, 0.3) is 11.0 Å². The molecule has 40 heavy (non-hydrogen) atoms. The van der Waals surface area contributed by atoms with Gasteiger partial charge in [0.1, 0.15) is 17.8 Å². The first kappa shape index (κ1) is 27.6. The summed E-state index contributed by atoms with van der Waals surface area (Å²) in [6.45, 7) is 3.78. The van der Waals surface area contributed by atoms with Crippen molar-refractivity contribution in [3.8, 4) is 11.8 Å². The van der Waals surface area contributed by atoms with E-state index in [-0.39, 0.29) is 23.0 Å². The van der Waals surface area contributed by atoms with Crippen LogP contribution in [-0.4, -0.2) is 50.6 Å². The number of alkyl halides is 3. The molecule has 11 heteroatoms. The van der Waals surface area contributed by atoms with Crippen LogP contribution in [0.15, 0.2) is 42.7 Å². The number of carbonyl (C=O) groups excluding carboxylic acids is 1. The number of nitrogen functional groups attached to an aromatic ring is 1. The quantitative estimate of drug-likeness (QED) is 0.260. The van der Waals surface area contributed by atoms with Crippen molar-refractivity contribution in [1.82, 2.24) is 24.6 Å². The predicted octanol–water partition coefficient (Wildman–Crippen LogP) is 5.48. The zero-order chi connectivity index (χ0) is 28.6. The number of rotatable bonds is 4.